The van der Waals surface area contributed by atoms with Crippen LogP contribution < -0.4 is 0 Å². The van der Waals surface area contributed by atoms with Gasteiger partial charge in [0.1, 0.15) is 42.3 Å². The van der Waals surface area contributed by atoms with Gasteiger partial charge in [-0.15, -0.1) is 0 Å². The summed E-state index contributed by atoms with van der Waals surface area (Å²) in [5.74, 6) is -8.25. The van der Waals surface area contributed by atoms with Gasteiger partial charge in [-0.3, -0.25) is 48.3 Å². The Balaban J connectivity index is 1.19. The molecule has 0 saturated carbocycles. The molecular formula is C66H116N6O15. The number of esters is 6. The minimum atomic E-state index is -1.66. The maximum absolute atomic E-state index is 14.8. The van der Waals surface area contributed by atoms with Crippen LogP contribution in [0.5, 0.6) is 0 Å². The summed E-state index contributed by atoms with van der Waals surface area (Å²) in [7, 11) is 6.08. The molecule has 0 amide bonds. The highest BCUT2D eigenvalue weighted by molar-refractivity contribution is 5.99. The van der Waals surface area contributed by atoms with Gasteiger partial charge in [-0.2, -0.15) is 15.2 Å². The van der Waals surface area contributed by atoms with Crippen LogP contribution in [-0.4, -0.2) is 201 Å². The SMILES string of the molecule is CN1C(C)(C)CC(OC(=O)CC(C(=O)OC2CC(C)(C)N(C)C(C)(C)C2)C(=O)OC2CC(C)(C)N(C)C(C)(ON3C(C)(C)CC(OC(=O)CC(C(=O)OC4CC(C)(C)N(O)C(C)(C)C4)C(=O)OC4CC(C)(C)N(O)C(C)(C)C4)CC3(C)C)C2)CC1(C)C. The molecule has 500 valence electrons. The third kappa shape index (κ3) is 16.2. The monoisotopic (exact) mass is 1230 g/mol. The first-order valence-corrected chi connectivity index (χ1v) is 32.0. The van der Waals surface area contributed by atoms with Crippen molar-refractivity contribution in [3.8, 4) is 0 Å². The van der Waals surface area contributed by atoms with Gasteiger partial charge >= 0.3 is 35.8 Å². The Bertz CT molecular complexity index is 2410. The number of piperidine rings is 6. The molecule has 21 nitrogen and oxygen atoms in total. The Morgan fingerprint density at radius 1 is 0.322 bits per heavy atom. The van der Waals surface area contributed by atoms with E-state index in [0.717, 1.165) is 0 Å². The summed E-state index contributed by atoms with van der Waals surface area (Å²) in [6.45, 7) is 45.5. The minimum absolute atomic E-state index is 0.179. The lowest BCUT2D eigenvalue weighted by Crippen LogP contribution is -2.70. The first kappa shape index (κ1) is 72.5. The van der Waals surface area contributed by atoms with Crippen LogP contribution in [0.1, 0.15) is 249 Å². The number of hydrogen-bond donors (Lipinski definition) is 2. The molecule has 3 unspecified atom stereocenters. The van der Waals surface area contributed by atoms with E-state index in [9.17, 15) is 39.2 Å². The number of likely N-dealkylation sites (tertiary alicyclic amines) is 3. The second-order valence-electron chi connectivity index (χ2n) is 34.2. The predicted octanol–water partition coefficient (Wildman–Crippen LogP) is 9.92. The van der Waals surface area contributed by atoms with Crippen LogP contribution in [0.3, 0.4) is 0 Å². The van der Waals surface area contributed by atoms with Crippen LogP contribution in [0, 0.1) is 11.8 Å². The molecule has 3 atom stereocenters. The van der Waals surface area contributed by atoms with Gasteiger partial charge in [-0.1, -0.05) is 0 Å². The van der Waals surface area contributed by atoms with Crippen LogP contribution in [0.2, 0.25) is 0 Å². The van der Waals surface area contributed by atoms with Crippen LogP contribution in [0.4, 0.5) is 0 Å². The molecule has 6 saturated heterocycles. The van der Waals surface area contributed by atoms with Crippen molar-refractivity contribution in [1.82, 2.24) is 29.9 Å². The molecule has 6 rings (SSSR count). The lowest BCUT2D eigenvalue weighted by atomic mass is 9.78. The summed E-state index contributed by atoms with van der Waals surface area (Å²) in [4.78, 5) is 100. The summed E-state index contributed by atoms with van der Waals surface area (Å²) >= 11 is 0. The second-order valence-corrected chi connectivity index (χ2v) is 34.2. The Morgan fingerprint density at radius 3 is 0.793 bits per heavy atom. The molecule has 0 aromatic rings. The number of carbonyl (C=O) groups excluding carboxylic acids is 6. The van der Waals surface area contributed by atoms with Crippen molar-refractivity contribution < 1.29 is 72.4 Å². The van der Waals surface area contributed by atoms with Crippen molar-refractivity contribution in [3.63, 3.8) is 0 Å². The van der Waals surface area contributed by atoms with E-state index in [4.69, 9.17) is 33.3 Å². The van der Waals surface area contributed by atoms with E-state index < -0.39 is 142 Å². The molecule has 2 N–H and O–H groups in total. The van der Waals surface area contributed by atoms with Crippen LogP contribution in [0.15, 0.2) is 0 Å². The van der Waals surface area contributed by atoms with Crippen LogP contribution in [-0.2, 0) is 62.0 Å². The van der Waals surface area contributed by atoms with Crippen molar-refractivity contribution in [2.24, 2.45) is 11.8 Å². The van der Waals surface area contributed by atoms with Gasteiger partial charge in [0.05, 0.1) is 12.8 Å². The zero-order valence-corrected chi connectivity index (χ0v) is 58.4. The maximum Gasteiger partial charge on any atom is 0.321 e. The van der Waals surface area contributed by atoms with E-state index in [2.05, 4.69) is 84.2 Å². The van der Waals surface area contributed by atoms with Crippen LogP contribution >= 0.6 is 0 Å². The highest BCUT2D eigenvalue weighted by Gasteiger charge is 2.57. The fourth-order valence-electron chi connectivity index (χ4n) is 16.4. The van der Waals surface area contributed by atoms with E-state index in [0.29, 0.717) is 32.1 Å². The first-order chi connectivity index (χ1) is 39.1. The number of nitrogens with zero attached hydrogens (tertiary/aromatic N) is 6. The van der Waals surface area contributed by atoms with Gasteiger partial charge in [0.25, 0.3) is 0 Å². The first-order valence-electron chi connectivity index (χ1n) is 32.0. The van der Waals surface area contributed by atoms with Crippen molar-refractivity contribution in [3.05, 3.63) is 0 Å². The molecule has 6 fully saturated rings. The second kappa shape index (κ2) is 24.5. The van der Waals surface area contributed by atoms with E-state index >= 15 is 0 Å². The zero-order valence-electron chi connectivity index (χ0n) is 58.4. The quantitative estimate of drug-likeness (QED) is 0.0832. The molecule has 0 aromatic heterocycles. The van der Waals surface area contributed by atoms with Gasteiger partial charge in [-0.25, -0.2) is 0 Å². The van der Waals surface area contributed by atoms with E-state index in [-0.39, 0.29) is 67.1 Å². The molecule has 21 heteroatoms. The van der Waals surface area contributed by atoms with Gasteiger partial charge < -0.3 is 38.8 Å². The summed E-state index contributed by atoms with van der Waals surface area (Å²) < 4.78 is 37.2. The van der Waals surface area contributed by atoms with E-state index in [1.807, 2.05) is 116 Å². The normalized spacial score (nSPS) is 30.0. The fourth-order valence-corrected chi connectivity index (χ4v) is 16.4. The lowest BCUT2D eigenvalue weighted by Gasteiger charge is -2.60. The highest BCUT2D eigenvalue weighted by Crippen LogP contribution is 2.48. The van der Waals surface area contributed by atoms with Gasteiger partial charge in [0.2, 0.25) is 0 Å². The summed E-state index contributed by atoms with van der Waals surface area (Å²) in [5, 5.41) is 26.4. The van der Waals surface area contributed by atoms with Gasteiger partial charge in [0.15, 0.2) is 11.8 Å². The molecule has 6 heterocycles. The third-order valence-corrected chi connectivity index (χ3v) is 21.1. The van der Waals surface area contributed by atoms with Crippen molar-refractivity contribution in [2.75, 3.05) is 21.1 Å². The summed E-state index contributed by atoms with van der Waals surface area (Å²) in [6.07, 6.45) is -0.557. The highest BCUT2D eigenvalue weighted by atomic mass is 16.7. The average molecular weight is 1230 g/mol. The molecule has 0 aliphatic carbocycles. The molecule has 87 heavy (non-hydrogen) atoms. The molecule has 0 spiro atoms. The molecule has 0 radical (unpaired) electrons. The predicted molar refractivity (Wildman–Crippen MR) is 328 cm³/mol. The van der Waals surface area contributed by atoms with Crippen molar-refractivity contribution in [1.29, 1.82) is 0 Å². The Hall–Kier alpha value is -3.54. The van der Waals surface area contributed by atoms with Crippen molar-refractivity contribution in [2.45, 2.75) is 352 Å². The van der Waals surface area contributed by atoms with Gasteiger partial charge in [-0.05, 0) is 180 Å². The smallest absolute Gasteiger partial charge is 0.321 e. The number of hydrogen-bond acceptors (Lipinski definition) is 21. The van der Waals surface area contributed by atoms with E-state index in [1.54, 1.807) is 0 Å². The number of rotatable bonds is 16. The largest absolute Gasteiger partial charge is 0.462 e. The Labute approximate surface area is 521 Å². The number of carbonyl (C=O) groups is 6. The standard InChI is InChI=1S/C66H116N6O15/c1-55(2)29-41(30-56(3,4)67(55)24)81-49(73)28-48(51(75)83-43-31-57(5,6)68(25)58(7,8)32-43)54(78)86-46-33-59(9,10)69(26)66(23,40-46)87-72-64(19,20)38-42(39-65(72,21)22)82-50(74)27-47(52(76)84-44-34-60(11,12)70(79)61(13,14)35-44)53(77)85-45-36-62(15,16)71(80)63(17,18)37-45/h41-48,79-80H,27-40H2,1-26H3. The maximum atomic E-state index is 14.8. The van der Waals surface area contributed by atoms with Crippen molar-refractivity contribution >= 4 is 35.8 Å². The zero-order chi connectivity index (χ0) is 66.4. The molecule has 0 aromatic carbocycles. The molecule has 6 aliphatic heterocycles. The molecule has 0 bridgehead atoms. The minimum Gasteiger partial charge on any atom is -0.462 e. The molecule has 6 aliphatic rings. The Morgan fingerprint density at radius 2 is 0.529 bits per heavy atom. The third-order valence-electron chi connectivity index (χ3n) is 21.1. The molecular weight excluding hydrogens is 1120 g/mol. The number of hydroxylamine groups is 6. The summed E-state index contributed by atoms with van der Waals surface area (Å²) in [6, 6.07) is 0. The summed E-state index contributed by atoms with van der Waals surface area (Å²) in [5.41, 5.74) is -7.66. The average Bonchev–Trinajstić information content (AvgIpc) is 0.839. The Kier molecular flexibility index (Phi) is 20.4. The lowest BCUT2D eigenvalue weighted by molar-refractivity contribution is -0.386. The topological polar surface area (TPSA) is 227 Å². The number of ether oxygens (including phenoxy) is 6. The van der Waals surface area contributed by atoms with Gasteiger partial charge in [0, 0.05) is 138 Å². The van der Waals surface area contributed by atoms with E-state index in [1.165, 1.54) is 10.1 Å². The fraction of sp³-hybridized carbons (Fsp3) is 0.909. The van der Waals surface area contributed by atoms with Crippen LogP contribution in [0.25, 0.3) is 0 Å².